The predicted molar refractivity (Wildman–Crippen MR) is 90.5 cm³/mol. The number of carbonyl (C=O) groups is 2. The lowest BCUT2D eigenvalue weighted by Crippen LogP contribution is -2.45. The number of halogens is 3. The third kappa shape index (κ3) is 4.68. The highest BCUT2D eigenvalue weighted by molar-refractivity contribution is 5.97. The van der Waals surface area contributed by atoms with Crippen LogP contribution in [0.1, 0.15) is 15.9 Å². The van der Waals surface area contributed by atoms with Gasteiger partial charge in [-0.15, -0.1) is 0 Å². The molecule has 6 nitrogen and oxygen atoms in total. The summed E-state index contributed by atoms with van der Waals surface area (Å²) in [6, 6.07) is 6.43. The molecule has 0 spiro atoms. The Kier molecular flexibility index (Phi) is 5.50. The Bertz CT molecular complexity index is 813. The van der Waals surface area contributed by atoms with Gasteiger partial charge < -0.3 is 19.5 Å². The van der Waals surface area contributed by atoms with Crippen LogP contribution in [0.2, 0.25) is 0 Å². The number of hydrogen-bond donors (Lipinski definition) is 1. The summed E-state index contributed by atoms with van der Waals surface area (Å²) in [5.74, 6) is -1.04. The van der Waals surface area contributed by atoms with Crippen molar-refractivity contribution in [1.29, 1.82) is 0 Å². The molecule has 0 unspecified atom stereocenters. The minimum atomic E-state index is -4.60. The fourth-order valence-electron chi connectivity index (χ4n) is 2.74. The van der Waals surface area contributed by atoms with Gasteiger partial charge in [0.1, 0.15) is 0 Å². The van der Waals surface area contributed by atoms with Gasteiger partial charge in [-0.05, 0) is 30.3 Å². The molecule has 0 atom stereocenters. The molecular formula is C18H18F3N3O3. The molecule has 1 aromatic carbocycles. The van der Waals surface area contributed by atoms with Crippen LogP contribution in [0.15, 0.2) is 42.7 Å². The van der Waals surface area contributed by atoms with Crippen LogP contribution in [0, 0.1) is 0 Å². The summed E-state index contributed by atoms with van der Waals surface area (Å²) < 4.78 is 46.2. The zero-order valence-corrected chi connectivity index (χ0v) is 14.3. The number of alkyl halides is 3. The largest absolute Gasteiger partial charge is 0.416 e. The van der Waals surface area contributed by atoms with Gasteiger partial charge in [0, 0.05) is 36.7 Å². The molecule has 2 heterocycles. The van der Waals surface area contributed by atoms with E-state index < -0.39 is 17.6 Å². The van der Waals surface area contributed by atoms with Gasteiger partial charge in [-0.3, -0.25) is 9.59 Å². The van der Waals surface area contributed by atoms with Crippen LogP contribution in [-0.4, -0.2) is 54.1 Å². The van der Waals surface area contributed by atoms with Gasteiger partial charge in [-0.1, -0.05) is 0 Å². The van der Waals surface area contributed by atoms with Gasteiger partial charge in [-0.2, -0.15) is 13.2 Å². The SMILES string of the molecule is O=C(NCC(=O)N1CCOCC1)c1cc(-n2cccc2)cc(C(F)(F)F)c1. The Labute approximate surface area is 153 Å². The summed E-state index contributed by atoms with van der Waals surface area (Å²) in [5.41, 5.74) is -0.888. The van der Waals surface area contributed by atoms with Crippen LogP contribution in [0.3, 0.4) is 0 Å². The molecular weight excluding hydrogens is 363 g/mol. The van der Waals surface area contributed by atoms with Gasteiger partial charge in [0.2, 0.25) is 5.91 Å². The summed E-state index contributed by atoms with van der Waals surface area (Å²) >= 11 is 0. The van der Waals surface area contributed by atoms with Crippen molar-refractivity contribution in [2.45, 2.75) is 6.18 Å². The van der Waals surface area contributed by atoms with Crippen molar-refractivity contribution in [2.24, 2.45) is 0 Å². The first-order valence-electron chi connectivity index (χ1n) is 8.34. The fourth-order valence-corrected chi connectivity index (χ4v) is 2.74. The highest BCUT2D eigenvalue weighted by Gasteiger charge is 2.32. The molecule has 0 bridgehead atoms. The van der Waals surface area contributed by atoms with Crippen LogP contribution >= 0.6 is 0 Å². The second-order valence-corrected chi connectivity index (χ2v) is 6.03. The van der Waals surface area contributed by atoms with Crippen molar-refractivity contribution in [2.75, 3.05) is 32.8 Å². The molecule has 9 heteroatoms. The number of nitrogens with one attached hydrogen (secondary N) is 1. The number of benzene rings is 1. The number of hydrogen-bond acceptors (Lipinski definition) is 3. The quantitative estimate of drug-likeness (QED) is 0.882. The number of morpholine rings is 1. The van der Waals surface area contributed by atoms with E-state index in [9.17, 15) is 22.8 Å². The Hall–Kier alpha value is -2.81. The van der Waals surface area contributed by atoms with Gasteiger partial charge in [-0.25, -0.2) is 0 Å². The molecule has 2 aromatic rings. The highest BCUT2D eigenvalue weighted by Crippen LogP contribution is 2.31. The van der Waals surface area contributed by atoms with Crippen molar-refractivity contribution in [3.05, 3.63) is 53.9 Å². The van der Waals surface area contributed by atoms with Gasteiger partial charge >= 0.3 is 6.18 Å². The van der Waals surface area contributed by atoms with E-state index in [-0.39, 0.29) is 23.7 Å². The monoisotopic (exact) mass is 381 g/mol. The smallest absolute Gasteiger partial charge is 0.378 e. The normalized spacial score (nSPS) is 14.9. The van der Waals surface area contributed by atoms with Crippen LogP contribution in [-0.2, 0) is 15.7 Å². The van der Waals surface area contributed by atoms with Crippen LogP contribution < -0.4 is 5.32 Å². The summed E-state index contributed by atoms with van der Waals surface area (Å²) in [6.45, 7) is 1.42. The molecule has 0 aliphatic carbocycles. The molecule has 3 rings (SSSR count). The minimum Gasteiger partial charge on any atom is -0.378 e. The lowest BCUT2D eigenvalue weighted by molar-refractivity contribution is -0.137. The maximum atomic E-state index is 13.2. The molecule has 1 aromatic heterocycles. The number of aromatic nitrogens is 1. The number of ether oxygens (including phenoxy) is 1. The number of rotatable bonds is 4. The second kappa shape index (κ2) is 7.83. The van der Waals surface area contributed by atoms with Gasteiger partial charge in [0.05, 0.1) is 25.3 Å². The van der Waals surface area contributed by atoms with Gasteiger partial charge in [0.15, 0.2) is 0 Å². The molecule has 1 aliphatic rings. The molecule has 1 fully saturated rings. The minimum absolute atomic E-state index is 0.164. The Morgan fingerprint density at radius 3 is 2.37 bits per heavy atom. The average molecular weight is 381 g/mol. The fraction of sp³-hybridized carbons (Fsp3) is 0.333. The molecule has 0 saturated carbocycles. The van der Waals surface area contributed by atoms with E-state index in [2.05, 4.69) is 5.32 Å². The predicted octanol–water partition coefficient (Wildman–Crippen LogP) is 2.08. The molecule has 0 radical (unpaired) electrons. The van der Waals surface area contributed by atoms with E-state index in [1.165, 1.54) is 10.6 Å². The second-order valence-electron chi connectivity index (χ2n) is 6.03. The lowest BCUT2D eigenvalue weighted by Gasteiger charge is -2.26. The third-order valence-corrected chi connectivity index (χ3v) is 4.17. The molecule has 2 amide bonds. The van der Waals surface area contributed by atoms with Crippen molar-refractivity contribution in [3.63, 3.8) is 0 Å². The van der Waals surface area contributed by atoms with Gasteiger partial charge in [0.25, 0.3) is 5.91 Å². The van der Waals surface area contributed by atoms with Crippen molar-refractivity contribution in [3.8, 4) is 5.69 Å². The third-order valence-electron chi connectivity index (χ3n) is 4.17. The van der Waals surface area contributed by atoms with E-state index in [4.69, 9.17) is 4.74 Å². The summed E-state index contributed by atoms with van der Waals surface area (Å²) in [4.78, 5) is 26.0. The zero-order valence-electron chi connectivity index (χ0n) is 14.3. The molecule has 27 heavy (non-hydrogen) atoms. The van der Waals surface area contributed by atoms with E-state index in [1.807, 2.05) is 0 Å². The Balaban J connectivity index is 1.77. The summed E-state index contributed by atoms with van der Waals surface area (Å²) in [6.07, 6.45) is -1.43. The first-order chi connectivity index (χ1) is 12.8. The van der Waals surface area contributed by atoms with Crippen LogP contribution in [0.5, 0.6) is 0 Å². The van der Waals surface area contributed by atoms with E-state index in [0.29, 0.717) is 26.3 Å². The Morgan fingerprint density at radius 2 is 1.74 bits per heavy atom. The Morgan fingerprint density at radius 1 is 1.07 bits per heavy atom. The van der Waals surface area contributed by atoms with Crippen molar-refractivity contribution in [1.82, 2.24) is 14.8 Å². The molecule has 144 valence electrons. The maximum absolute atomic E-state index is 13.2. The van der Waals surface area contributed by atoms with Crippen LogP contribution in [0.25, 0.3) is 5.69 Å². The van der Waals surface area contributed by atoms with E-state index >= 15 is 0 Å². The highest BCUT2D eigenvalue weighted by atomic mass is 19.4. The standard InChI is InChI=1S/C18H18F3N3O3/c19-18(20,21)14-9-13(10-15(11-14)23-3-1-2-4-23)17(26)22-12-16(25)24-5-7-27-8-6-24/h1-4,9-11H,5-8,12H2,(H,22,26). The average Bonchev–Trinajstić information content (AvgIpc) is 3.20. The van der Waals surface area contributed by atoms with Crippen LogP contribution in [0.4, 0.5) is 13.2 Å². The number of amides is 2. The molecule has 1 N–H and O–H groups in total. The summed E-state index contributed by atoms with van der Waals surface area (Å²) in [7, 11) is 0. The number of carbonyl (C=O) groups excluding carboxylic acids is 2. The van der Waals surface area contributed by atoms with E-state index in [1.54, 1.807) is 29.4 Å². The lowest BCUT2D eigenvalue weighted by atomic mass is 10.1. The van der Waals surface area contributed by atoms with E-state index in [0.717, 1.165) is 12.1 Å². The maximum Gasteiger partial charge on any atom is 0.416 e. The summed E-state index contributed by atoms with van der Waals surface area (Å²) in [5, 5.41) is 2.40. The number of nitrogens with zero attached hydrogens (tertiary/aromatic N) is 2. The molecule has 1 aliphatic heterocycles. The van der Waals surface area contributed by atoms with Crippen molar-refractivity contribution < 1.29 is 27.5 Å². The topological polar surface area (TPSA) is 63.6 Å². The first-order valence-corrected chi connectivity index (χ1v) is 8.34. The van der Waals surface area contributed by atoms with Crippen molar-refractivity contribution >= 4 is 11.8 Å². The molecule has 1 saturated heterocycles. The zero-order chi connectivity index (χ0) is 19.4. The first kappa shape index (κ1) is 19.0.